The average Bonchev–Trinajstić information content (AvgIpc) is 3.31. The van der Waals surface area contributed by atoms with E-state index in [-0.39, 0.29) is 18.7 Å². The number of aliphatic hydroxyl groups excluding tert-OH is 1. The van der Waals surface area contributed by atoms with Crippen molar-refractivity contribution in [2.24, 2.45) is 5.73 Å². The Kier molecular flexibility index (Phi) is 5.40. The van der Waals surface area contributed by atoms with E-state index in [4.69, 9.17) is 10.5 Å². The lowest BCUT2D eigenvalue weighted by Crippen LogP contribution is -2.43. The van der Waals surface area contributed by atoms with Gasteiger partial charge in [0.1, 0.15) is 5.75 Å². The van der Waals surface area contributed by atoms with Gasteiger partial charge in [0.2, 0.25) is 0 Å². The maximum Gasteiger partial charge on any atom is 0.119 e. The van der Waals surface area contributed by atoms with E-state index in [1.54, 1.807) is 7.11 Å². The van der Waals surface area contributed by atoms with Crippen LogP contribution in [0.4, 0.5) is 0 Å². The molecule has 2 atom stereocenters. The molecule has 1 aromatic carbocycles. The van der Waals surface area contributed by atoms with Gasteiger partial charge in [-0.25, -0.2) is 0 Å². The molecule has 1 aliphatic carbocycles. The first-order valence-electron chi connectivity index (χ1n) is 7.47. The van der Waals surface area contributed by atoms with Crippen molar-refractivity contribution < 1.29 is 9.84 Å². The van der Waals surface area contributed by atoms with Crippen LogP contribution in [0.1, 0.15) is 37.8 Å². The summed E-state index contributed by atoms with van der Waals surface area (Å²) in [7, 11) is 1.68. The normalized spacial score (nSPS) is 18.1. The maximum absolute atomic E-state index is 9.36. The van der Waals surface area contributed by atoms with Crippen molar-refractivity contribution in [1.29, 1.82) is 0 Å². The van der Waals surface area contributed by atoms with Crippen molar-refractivity contribution in [1.82, 2.24) is 4.90 Å². The van der Waals surface area contributed by atoms with Gasteiger partial charge in [0.25, 0.3) is 0 Å². The standard InChI is InChI=1S/C16H26N2O2/c1-3-15(17)16(18(9-10-19)13-7-8-13)12-5-4-6-14(11-12)20-2/h4-6,11,13,15-16,19H,3,7-10,17H2,1-2H3. The minimum absolute atomic E-state index is 0.0641. The molecule has 1 aliphatic rings. The Labute approximate surface area is 121 Å². The molecular weight excluding hydrogens is 252 g/mol. The minimum Gasteiger partial charge on any atom is -0.497 e. The molecule has 20 heavy (non-hydrogen) atoms. The predicted octanol–water partition coefficient (Wildman–Crippen LogP) is 1.93. The fraction of sp³-hybridized carbons (Fsp3) is 0.625. The molecule has 1 saturated carbocycles. The summed E-state index contributed by atoms with van der Waals surface area (Å²) in [6.45, 7) is 2.97. The SMILES string of the molecule is CCC(N)C(c1cccc(OC)c1)N(CCO)C1CC1. The van der Waals surface area contributed by atoms with Crippen LogP contribution >= 0.6 is 0 Å². The third-order valence-corrected chi connectivity index (χ3v) is 4.04. The van der Waals surface area contributed by atoms with Gasteiger partial charge in [-0.1, -0.05) is 19.1 Å². The molecule has 1 aromatic rings. The molecule has 0 aliphatic heterocycles. The van der Waals surface area contributed by atoms with Gasteiger partial charge >= 0.3 is 0 Å². The summed E-state index contributed by atoms with van der Waals surface area (Å²) in [6, 6.07) is 8.90. The van der Waals surface area contributed by atoms with Crippen molar-refractivity contribution >= 4 is 0 Å². The summed E-state index contributed by atoms with van der Waals surface area (Å²) in [6.07, 6.45) is 3.32. The fourth-order valence-corrected chi connectivity index (χ4v) is 2.80. The van der Waals surface area contributed by atoms with Gasteiger partial charge in [-0.15, -0.1) is 0 Å². The predicted molar refractivity (Wildman–Crippen MR) is 80.8 cm³/mol. The molecule has 2 unspecified atom stereocenters. The Morgan fingerprint density at radius 1 is 1.45 bits per heavy atom. The number of benzene rings is 1. The Morgan fingerprint density at radius 3 is 2.75 bits per heavy atom. The zero-order chi connectivity index (χ0) is 14.5. The van der Waals surface area contributed by atoms with Gasteiger partial charge in [0, 0.05) is 18.6 Å². The van der Waals surface area contributed by atoms with Crippen LogP contribution in [0.2, 0.25) is 0 Å². The van der Waals surface area contributed by atoms with Crippen LogP contribution < -0.4 is 10.5 Å². The maximum atomic E-state index is 9.36. The van der Waals surface area contributed by atoms with E-state index >= 15 is 0 Å². The molecule has 1 fully saturated rings. The molecule has 0 spiro atoms. The van der Waals surface area contributed by atoms with Crippen LogP contribution in [0.5, 0.6) is 5.75 Å². The van der Waals surface area contributed by atoms with Crippen molar-refractivity contribution in [3.05, 3.63) is 29.8 Å². The van der Waals surface area contributed by atoms with Crippen LogP contribution in [-0.4, -0.2) is 42.4 Å². The van der Waals surface area contributed by atoms with Crippen molar-refractivity contribution in [2.75, 3.05) is 20.3 Å². The van der Waals surface area contributed by atoms with E-state index in [0.29, 0.717) is 12.6 Å². The summed E-state index contributed by atoms with van der Waals surface area (Å²) in [5, 5.41) is 9.36. The molecular formula is C16H26N2O2. The number of ether oxygens (including phenoxy) is 1. The van der Waals surface area contributed by atoms with E-state index in [1.165, 1.54) is 18.4 Å². The van der Waals surface area contributed by atoms with Crippen LogP contribution in [0, 0.1) is 0 Å². The number of methoxy groups -OCH3 is 1. The van der Waals surface area contributed by atoms with E-state index in [1.807, 2.05) is 12.1 Å². The largest absolute Gasteiger partial charge is 0.497 e. The highest BCUT2D eigenvalue weighted by molar-refractivity contribution is 5.31. The van der Waals surface area contributed by atoms with Crippen LogP contribution in [0.25, 0.3) is 0 Å². The number of hydrogen-bond acceptors (Lipinski definition) is 4. The first kappa shape index (κ1) is 15.3. The van der Waals surface area contributed by atoms with Crippen molar-refractivity contribution in [2.45, 2.75) is 44.3 Å². The number of aliphatic hydroxyl groups is 1. The van der Waals surface area contributed by atoms with E-state index in [0.717, 1.165) is 12.2 Å². The van der Waals surface area contributed by atoms with Crippen LogP contribution in [0.15, 0.2) is 24.3 Å². The summed E-state index contributed by atoms with van der Waals surface area (Å²) in [5.74, 6) is 0.857. The third-order valence-electron chi connectivity index (χ3n) is 4.04. The van der Waals surface area contributed by atoms with Crippen molar-refractivity contribution in [3.63, 3.8) is 0 Å². The van der Waals surface area contributed by atoms with Gasteiger partial charge in [-0.3, -0.25) is 4.90 Å². The number of rotatable bonds is 8. The summed E-state index contributed by atoms with van der Waals surface area (Å²) >= 11 is 0. The Hall–Kier alpha value is -1.10. The molecule has 0 bridgehead atoms. The van der Waals surface area contributed by atoms with Crippen LogP contribution in [-0.2, 0) is 0 Å². The Morgan fingerprint density at radius 2 is 2.20 bits per heavy atom. The molecule has 3 N–H and O–H groups in total. The van der Waals surface area contributed by atoms with E-state index in [2.05, 4.69) is 24.0 Å². The van der Waals surface area contributed by atoms with E-state index < -0.39 is 0 Å². The lowest BCUT2D eigenvalue weighted by molar-refractivity contribution is 0.124. The second-order valence-corrected chi connectivity index (χ2v) is 5.49. The molecule has 0 aromatic heterocycles. The van der Waals surface area contributed by atoms with Gasteiger partial charge < -0.3 is 15.6 Å². The number of nitrogens with zero attached hydrogens (tertiary/aromatic N) is 1. The molecule has 4 nitrogen and oxygen atoms in total. The molecule has 112 valence electrons. The molecule has 2 rings (SSSR count). The Balaban J connectivity index is 2.29. The highest BCUT2D eigenvalue weighted by Crippen LogP contribution is 2.36. The number of nitrogens with two attached hydrogens (primary N) is 1. The lowest BCUT2D eigenvalue weighted by Gasteiger charge is -2.35. The zero-order valence-electron chi connectivity index (χ0n) is 12.5. The quantitative estimate of drug-likeness (QED) is 0.763. The van der Waals surface area contributed by atoms with E-state index in [9.17, 15) is 5.11 Å². The lowest BCUT2D eigenvalue weighted by atomic mass is 9.95. The van der Waals surface area contributed by atoms with Crippen LogP contribution in [0.3, 0.4) is 0 Å². The smallest absolute Gasteiger partial charge is 0.119 e. The van der Waals surface area contributed by atoms with Gasteiger partial charge in [-0.05, 0) is 37.0 Å². The highest BCUT2D eigenvalue weighted by atomic mass is 16.5. The number of hydrogen-bond donors (Lipinski definition) is 2. The molecule has 0 radical (unpaired) electrons. The topological polar surface area (TPSA) is 58.7 Å². The molecule has 0 amide bonds. The average molecular weight is 278 g/mol. The highest BCUT2D eigenvalue weighted by Gasteiger charge is 2.36. The molecule has 0 heterocycles. The van der Waals surface area contributed by atoms with Gasteiger partial charge in [0.15, 0.2) is 0 Å². The summed E-state index contributed by atoms with van der Waals surface area (Å²) in [4.78, 5) is 2.36. The Bertz CT molecular complexity index is 421. The first-order valence-corrected chi connectivity index (χ1v) is 7.47. The zero-order valence-corrected chi connectivity index (χ0v) is 12.5. The van der Waals surface area contributed by atoms with Gasteiger partial charge in [-0.2, -0.15) is 0 Å². The third kappa shape index (κ3) is 3.51. The molecule has 0 saturated heterocycles. The van der Waals surface area contributed by atoms with Crippen molar-refractivity contribution in [3.8, 4) is 5.75 Å². The second kappa shape index (κ2) is 7.07. The molecule has 4 heteroatoms. The van der Waals surface area contributed by atoms with Gasteiger partial charge in [0.05, 0.1) is 19.8 Å². The summed E-state index contributed by atoms with van der Waals surface area (Å²) < 4.78 is 5.33. The second-order valence-electron chi connectivity index (χ2n) is 5.49. The minimum atomic E-state index is 0.0641. The first-order chi connectivity index (χ1) is 9.71. The fourth-order valence-electron chi connectivity index (χ4n) is 2.80. The summed E-state index contributed by atoms with van der Waals surface area (Å²) in [5.41, 5.74) is 7.55. The monoisotopic (exact) mass is 278 g/mol.